The van der Waals surface area contributed by atoms with Crippen LogP contribution in [0.25, 0.3) is 55.7 Å². The Balaban J connectivity index is 0.000000169. The van der Waals surface area contributed by atoms with Crippen LogP contribution in [0.5, 0.6) is 0 Å². The smallest absolute Gasteiger partial charge is 0.354 e. The second-order valence-corrected chi connectivity index (χ2v) is 25.0. The molecule has 20 nitrogen and oxygen atoms in total. The number of rotatable bonds is 12. The summed E-state index contributed by atoms with van der Waals surface area (Å²) in [6.45, 7) is 3.18. The minimum Gasteiger partial charge on any atom is -0.477 e. The molecule has 0 unspecified atom stereocenters. The number of primary sulfonamides is 1. The number of nitrogens with two attached hydrogens (primary N) is 1. The lowest BCUT2D eigenvalue weighted by molar-refractivity contribution is 0.0690. The van der Waals surface area contributed by atoms with Crippen molar-refractivity contribution in [1.29, 1.82) is 10.5 Å². The summed E-state index contributed by atoms with van der Waals surface area (Å²) >= 11 is 0. The highest BCUT2D eigenvalue weighted by Crippen LogP contribution is 2.45. The van der Waals surface area contributed by atoms with Gasteiger partial charge in [0.25, 0.3) is 0 Å². The molecule has 0 radical (unpaired) electrons. The fraction of sp³-hybridized carbons (Fsp3) is 0.356. The average Bonchev–Trinajstić information content (AvgIpc) is 3.01. The van der Waals surface area contributed by atoms with Crippen molar-refractivity contribution in [3.05, 3.63) is 132 Å². The van der Waals surface area contributed by atoms with E-state index in [1.54, 1.807) is 27.7 Å². The Hall–Kier alpha value is -8.44. The summed E-state index contributed by atoms with van der Waals surface area (Å²) in [7, 11) is -6.71. The Morgan fingerprint density at radius 2 is 1.00 bits per heavy atom. The van der Waals surface area contributed by atoms with Gasteiger partial charge in [-0.15, -0.1) is 0 Å². The summed E-state index contributed by atoms with van der Waals surface area (Å²) in [5.41, 5.74) is 7.97. The summed E-state index contributed by atoms with van der Waals surface area (Å²) in [6.07, 6.45) is 15.4. The van der Waals surface area contributed by atoms with E-state index >= 15 is 0 Å². The fourth-order valence-corrected chi connectivity index (χ4v) is 11.3. The highest BCUT2D eigenvalue weighted by molar-refractivity contribution is 7.91. The van der Waals surface area contributed by atoms with Gasteiger partial charge in [0, 0.05) is 79.6 Å². The van der Waals surface area contributed by atoms with Crippen LogP contribution in [0.2, 0.25) is 0 Å². The number of ketones is 1. The molecular formula is C59H61N13O7S2. The number of benzene rings is 2. The van der Waals surface area contributed by atoms with E-state index in [4.69, 9.17) is 25.1 Å². The Morgan fingerprint density at radius 1 is 0.605 bits per heavy atom. The van der Waals surface area contributed by atoms with E-state index in [-0.39, 0.29) is 23.2 Å². The molecule has 4 fully saturated rings. The first-order valence-electron chi connectivity index (χ1n) is 27.0. The van der Waals surface area contributed by atoms with Crippen LogP contribution in [0.4, 0.5) is 11.6 Å². The third kappa shape index (κ3) is 12.8. The lowest BCUT2D eigenvalue weighted by atomic mass is 9.81. The quantitative estimate of drug-likeness (QED) is 0.108. The van der Waals surface area contributed by atoms with E-state index in [0.29, 0.717) is 23.1 Å². The highest BCUT2D eigenvalue weighted by Gasteiger charge is 2.32. The van der Waals surface area contributed by atoms with Crippen LogP contribution in [0, 0.1) is 34.5 Å². The maximum atomic E-state index is 13.1. The van der Waals surface area contributed by atoms with Gasteiger partial charge in [0.2, 0.25) is 10.0 Å². The molecule has 22 heteroatoms. The lowest BCUT2D eigenvalue weighted by Gasteiger charge is -2.30. The van der Waals surface area contributed by atoms with Crippen LogP contribution < -0.4 is 14.9 Å². The first-order chi connectivity index (χ1) is 38.9. The van der Waals surface area contributed by atoms with Gasteiger partial charge < -0.3 is 14.9 Å². The maximum absolute atomic E-state index is 13.1. The molecule has 8 heterocycles. The predicted octanol–water partition coefficient (Wildman–Crippen LogP) is 8.81. The number of hydrogen-bond donors (Lipinski definition) is 2. The molecule has 416 valence electrons. The summed E-state index contributed by atoms with van der Waals surface area (Å²) < 4.78 is 46.3. The number of para-hydroxylation sites is 2. The van der Waals surface area contributed by atoms with E-state index in [9.17, 15) is 42.1 Å². The van der Waals surface area contributed by atoms with Gasteiger partial charge in [-0.25, -0.2) is 56.1 Å². The Labute approximate surface area is 469 Å². The molecule has 2 aliphatic carbocycles. The van der Waals surface area contributed by atoms with Gasteiger partial charge in [0.1, 0.15) is 23.1 Å². The molecule has 2 saturated heterocycles. The topological polar surface area (TPSA) is 290 Å². The molecule has 0 amide bonds. The number of fused-ring (bicyclic) bond motifs is 2. The monoisotopic (exact) mass is 1130 g/mol. The van der Waals surface area contributed by atoms with Crippen LogP contribution in [0.1, 0.15) is 108 Å². The first-order valence-corrected chi connectivity index (χ1v) is 31.1. The minimum absolute atomic E-state index is 0.0163. The van der Waals surface area contributed by atoms with Gasteiger partial charge in [-0.05, 0) is 123 Å². The van der Waals surface area contributed by atoms with E-state index in [2.05, 4.69) is 32.1 Å². The molecule has 2 aromatic carbocycles. The zero-order valence-electron chi connectivity index (χ0n) is 45.0. The Bertz CT molecular complexity index is 3920. The van der Waals surface area contributed by atoms with Gasteiger partial charge in [0.15, 0.2) is 32.6 Å². The third-order valence-corrected chi connectivity index (χ3v) is 16.1. The molecule has 6 aromatic heterocycles. The zero-order chi connectivity index (χ0) is 57.0. The molecular weight excluding hydrogens is 1070 g/mol. The van der Waals surface area contributed by atoms with Gasteiger partial charge in [-0.3, -0.25) is 4.79 Å². The highest BCUT2D eigenvalue weighted by atomic mass is 32.2. The normalized spacial score (nSPS) is 16.3. The lowest BCUT2D eigenvalue weighted by Crippen LogP contribution is -2.33. The minimum atomic E-state index is -3.54. The molecule has 0 bridgehead atoms. The van der Waals surface area contributed by atoms with Crippen molar-refractivity contribution in [2.24, 2.45) is 17.0 Å². The number of aromatic carboxylic acids is 1. The Morgan fingerprint density at radius 3 is 1.33 bits per heavy atom. The van der Waals surface area contributed by atoms with Gasteiger partial charge in [0.05, 0.1) is 51.9 Å². The molecule has 4 aliphatic rings. The first kappa shape index (κ1) is 55.9. The average molecular weight is 1130 g/mol. The number of sulfone groups is 1. The van der Waals surface area contributed by atoms with Crippen LogP contribution in [0.15, 0.2) is 109 Å². The molecule has 0 spiro atoms. The van der Waals surface area contributed by atoms with E-state index in [0.717, 1.165) is 164 Å². The van der Waals surface area contributed by atoms with Crippen molar-refractivity contribution < 1.29 is 31.5 Å². The third-order valence-electron chi connectivity index (χ3n) is 15.3. The number of hydrogen-bond acceptors (Lipinski definition) is 16. The van der Waals surface area contributed by atoms with Crippen molar-refractivity contribution in [2.45, 2.75) is 76.0 Å². The SMILES string of the molecule is CS(=O)(=O)CC(=O)c1cc(-c2ccc(N3CCC(C#N)CC3)nc2)c2c(C3CCC3)nn(-c3ccccc3)c2n1.CS(N)(=O)=O.N#CC1CCN(c2ccc(-c3cc(C(=O)O)nc4c3c(C3CCC3)nn4-c3ccccc3)cn2)CC1. The van der Waals surface area contributed by atoms with Gasteiger partial charge >= 0.3 is 5.97 Å². The summed E-state index contributed by atoms with van der Waals surface area (Å²) in [6, 6.07) is 35.4. The van der Waals surface area contributed by atoms with Crippen molar-refractivity contribution in [2.75, 3.05) is 54.2 Å². The number of carbonyl (C=O) groups excluding carboxylic acids is 1. The molecule has 2 aliphatic heterocycles. The maximum Gasteiger partial charge on any atom is 0.354 e. The van der Waals surface area contributed by atoms with Crippen LogP contribution in [-0.2, 0) is 19.9 Å². The summed E-state index contributed by atoms with van der Waals surface area (Å²) in [5.74, 6) is 0.310. The molecule has 0 atom stereocenters. The molecule has 12 rings (SSSR count). The van der Waals surface area contributed by atoms with Crippen molar-refractivity contribution >= 4 is 65.3 Å². The number of Topliss-reactive ketones (excluding diaryl/α,β-unsaturated/α-hetero) is 1. The second-order valence-electron chi connectivity index (χ2n) is 21.2. The molecule has 2 saturated carbocycles. The summed E-state index contributed by atoms with van der Waals surface area (Å²) in [4.78, 5) is 48.4. The number of anilines is 2. The molecule has 3 N–H and O–H groups in total. The zero-order valence-corrected chi connectivity index (χ0v) is 46.6. The van der Waals surface area contributed by atoms with Gasteiger partial charge in [-0.2, -0.15) is 20.7 Å². The molecule has 81 heavy (non-hydrogen) atoms. The van der Waals surface area contributed by atoms with Crippen LogP contribution in [0.3, 0.4) is 0 Å². The number of piperidine rings is 2. The predicted molar refractivity (Wildman–Crippen MR) is 309 cm³/mol. The van der Waals surface area contributed by atoms with E-state index in [1.807, 2.05) is 91.1 Å². The van der Waals surface area contributed by atoms with Gasteiger partial charge in [-0.1, -0.05) is 49.2 Å². The number of nitrogens with zero attached hydrogens (tertiary/aromatic N) is 12. The van der Waals surface area contributed by atoms with Crippen molar-refractivity contribution in [3.8, 4) is 45.8 Å². The number of carboxylic acid groups (broad SMARTS) is 1. The number of aromatic nitrogens is 8. The second kappa shape index (κ2) is 23.7. The van der Waals surface area contributed by atoms with E-state index in [1.165, 1.54) is 6.42 Å². The summed E-state index contributed by atoms with van der Waals surface area (Å²) in [5, 5.41) is 44.4. The van der Waals surface area contributed by atoms with E-state index < -0.39 is 37.4 Å². The van der Waals surface area contributed by atoms with Crippen LogP contribution in [-0.4, -0.2) is 118 Å². The largest absolute Gasteiger partial charge is 0.477 e. The number of nitriles is 2. The number of carboxylic acids is 1. The Kier molecular flexibility index (Phi) is 16.4. The van der Waals surface area contributed by atoms with Crippen LogP contribution >= 0.6 is 0 Å². The number of sulfonamides is 1. The fourth-order valence-electron chi connectivity index (χ4n) is 10.7. The molecule has 8 aromatic rings. The van der Waals surface area contributed by atoms with Crippen molar-refractivity contribution in [1.82, 2.24) is 39.5 Å². The van der Waals surface area contributed by atoms with Crippen molar-refractivity contribution in [3.63, 3.8) is 0 Å². The number of pyridine rings is 4. The number of carbonyl (C=O) groups is 2. The standard InChI is InChI=1S/C30H30N6O3S.C28H26N6O2.CH5NO2S/c1-40(38,39)19-26(37)25-16-24(22-10-11-27(32-18-22)35-14-12-20(17-31)13-15-35)28-29(21-6-5-7-21)34-36(30(28)33-25)23-8-3-2-4-9-23;29-16-18-11-13-33(14-12-18)24-10-9-20(17-30-24)22-15-23(28(35)36)31-27-25(22)26(19-5-4-6-19)32-34(27)21-7-2-1-3-8-21;1-5(2,3)4/h2-4,8-11,16,18,20-21H,5-7,12-15,19H2,1H3;1-3,7-10,15,17-19H,4-6,11-14H2,(H,35,36);1H3,(H2,2,3,4).